The van der Waals surface area contributed by atoms with E-state index in [2.05, 4.69) is 5.10 Å². The van der Waals surface area contributed by atoms with Crippen molar-refractivity contribution in [1.29, 1.82) is 0 Å². The fraction of sp³-hybridized carbons (Fsp3) is 0.318. The van der Waals surface area contributed by atoms with E-state index >= 15 is 0 Å². The van der Waals surface area contributed by atoms with Crippen molar-refractivity contribution < 1.29 is 4.79 Å². The number of fused-ring (bicyclic) bond motifs is 2. The fourth-order valence-electron chi connectivity index (χ4n) is 3.85. The molecule has 0 radical (unpaired) electrons. The molecule has 2 heterocycles. The number of nitrogens with two attached hydrogens (primary N) is 1. The van der Waals surface area contributed by atoms with Crippen molar-refractivity contribution in [2.45, 2.75) is 33.2 Å². The SMILES string of the molecule is CC(C)Cn1nc(C(=O)N2CCCc3c(N)cccc32)c2ccccc2c1=O. The lowest BCUT2D eigenvalue weighted by Gasteiger charge is -2.30. The Labute approximate surface area is 163 Å². The zero-order chi connectivity index (χ0) is 19.8. The maximum Gasteiger partial charge on any atom is 0.279 e. The van der Waals surface area contributed by atoms with Crippen LogP contribution in [0.2, 0.25) is 0 Å². The van der Waals surface area contributed by atoms with Crippen LogP contribution in [0.25, 0.3) is 10.8 Å². The van der Waals surface area contributed by atoms with E-state index in [4.69, 9.17) is 5.73 Å². The minimum atomic E-state index is -0.194. The maximum atomic E-state index is 13.5. The molecule has 4 rings (SSSR count). The van der Waals surface area contributed by atoms with Crippen molar-refractivity contribution in [2.24, 2.45) is 5.92 Å². The lowest BCUT2D eigenvalue weighted by atomic mass is 9.99. The van der Waals surface area contributed by atoms with Crippen LogP contribution >= 0.6 is 0 Å². The average molecular weight is 376 g/mol. The van der Waals surface area contributed by atoms with E-state index in [0.717, 1.165) is 24.1 Å². The first kappa shape index (κ1) is 18.2. The van der Waals surface area contributed by atoms with E-state index in [1.54, 1.807) is 17.0 Å². The summed E-state index contributed by atoms with van der Waals surface area (Å²) in [5, 5.41) is 5.60. The summed E-state index contributed by atoms with van der Waals surface area (Å²) in [7, 11) is 0. The van der Waals surface area contributed by atoms with Gasteiger partial charge in [-0.05, 0) is 42.5 Å². The van der Waals surface area contributed by atoms with Gasteiger partial charge in [0.15, 0.2) is 5.69 Å². The predicted molar refractivity (Wildman–Crippen MR) is 112 cm³/mol. The van der Waals surface area contributed by atoms with E-state index < -0.39 is 0 Å². The highest BCUT2D eigenvalue weighted by Gasteiger charge is 2.28. The second kappa shape index (κ2) is 7.11. The molecule has 0 atom stereocenters. The molecule has 1 aromatic heterocycles. The van der Waals surface area contributed by atoms with Crippen LogP contribution in [0.3, 0.4) is 0 Å². The minimum Gasteiger partial charge on any atom is -0.398 e. The van der Waals surface area contributed by atoms with Gasteiger partial charge < -0.3 is 10.6 Å². The van der Waals surface area contributed by atoms with Crippen LogP contribution < -0.4 is 16.2 Å². The summed E-state index contributed by atoms with van der Waals surface area (Å²) < 4.78 is 1.42. The summed E-state index contributed by atoms with van der Waals surface area (Å²) in [4.78, 5) is 28.1. The zero-order valence-electron chi connectivity index (χ0n) is 16.2. The van der Waals surface area contributed by atoms with Gasteiger partial charge in [-0.2, -0.15) is 5.10 Å². The quantitative estimate of drug-likeness (QED) is 0.712. The van der Waals surface area contributed by atoms with E-state index in [0.29, 0.717) is 35.2 Å². The van der Waals surface area contributed by atoms with Crippen LogP contribution in [0.5, 0.6) is 0 Å². The van der Waals surface area contributed by atoms with Gasteiger partial charge >= 0.3 is 0 Å². The largest absolute Gasteiger partial charge is 0.398 e. The van der Waals surface area contributed by atoms with E-state index in [1.807, 2.05) is 44.2 Å². The maximum absolute atomic E-state index is 13.5. The summed E-state index contributed by atoms with van der Waals surface area (Å²) in [5.74, 6) is 0.0464. The number of aromatic nitrogens is 2. The zero-order valence-corrected chi connectivity index (χ0v) is 16.2. The summed E-state index contributed by atoms with van der Waals surface area (Å²) in [6.45, 7) is 5.12. The normalized spacial score (nSPS) is 13.8. The van der Waals surface area contributed by atoms with Crippen LogP contribution in [0.4, 0.5) is 11.4 Å². The number of amides is 1. The Hall–Kier alpha value is -3.15. The number of nitrogen functional groups attached to an aromatic ring is 1. The van der Waals surface area contributed by atoms with Gasteiger partial charge in [0.2, 0.25) is 0 Å². The van der Waals surface area contributed by atoms with Crippen molar-refractivity contribution >= 4 is 28.1 Å². The van der Waals surface area contributed by atoms with Gasteiger partial charge in [-0.25, -0.2) is 4.68 Å². The molecule has 144 valence electrons. The lowest BCUT2D eigenvalue weighted by Crippen LogP contribution is -2.38. The number of hydrogen-bond acceptors (Lipinski definition) is 4. The molecule has 0 saturated carbocycles. The topological polar surface area (TPSA) is 81.2 Å². The molecular formula is C22H24N4O2. The monoisotopic (exact) mass is 376 g/mol. The third-order valence-electron chi connectivity index (χ3n) is 5.14. The average Bonchev–Trinajstić information content (AvgIpc) is 2.69. The molecule has 0 unspecified atom stereocenters. The Morgan fingerprint density at radius 2 is 1.89 bits per heavy atom. The lowest BCUT2D eigenvalue weighted by molar-refractivity contribution is 0.0979. The van der Waals surface area contributed by atoms with Crippen molar-refractivity contribution in [1.82, 2.24) is 9.78 Å². The Balaban J connectivity index is 1.88. The van der Waals surface area contributed by atoms with Crippen molar-refractivity contribution in [3.8, 4) is 0 Å². The summed E-state index contributed by atoms with van der Waals surface area (Å²) >= 11 is 0. The molecule has 0 saturated heterocycles. The van der Waals surface area contributed by atoms with Crippen LogP contribution in [0, 0.1) is 5.92 Å². The number of hydrogen-bond donors (Lipinski definition) is 1. The number of anilines is 2. The Bertz CT molecular complexity index is 1120. The number of nitrogens with zero attached hydrogens (tertiary/aromatic N) is 3. The number of carbonyl (C=O) groups excluding carboxylic acids is 1. The van der Waals surface area contributed by atoms with Crippen LogP contribution in [-0.4, -0.2) is 22.2 Å². The van der Waals surface area contributed by atoms with Crippen molar-refractivity contribution in [3.05, 3.63) is 64.1 Å². The molecule has 6 heteroatoms. The first-order valence-electron chi connectivity index (χ1n) is 9.66. The van der Waals surface area contributed by atoms with Gasteiger partial charge in [-0.3, -0.25) is 9.59 Å². The molecule has 28 heavy (non-hydrogen) atoms. The molecule has 1 aliphatic heterocycles. The van der Waals surface area contributed by atoms with Crippen LogP contribution in [-0.2, 0) is 13.0 Å². The summed E-state index contributed by atoms with van der Waals surface area (Å²) in [6.07, 6.45) is 1.70. The first-order chi connectivity index (χ1) is 13.5. The summed E-state index contributed by atoms with van der Waals surface area (Å²) in [6, 6.07) is 12.9. The van der Waals surface area contributed by atoms with E-state index in [9.17, 15) is 9.59 Å². The van der Waals surface area contributed by atoms with Gasteiger partial charge in [-0.15, -0.1) is 0 Å². The second-order valence-corrected chi connectivity index (χ2v) is 7.68. The van der Waals surface area contributed by atoms with Crippen molar-refractivity contribution in [3.63, 3.8) is 0 Å². The highest BCUT2D eigenvalue weighted by Crippen LogP contribution is 2.32. The Kier molecular flexibility index (Phi) is 4.63. The Morgan fingerprint density at radius 3 is 2.64 bits per heavy atom. The molecule has 0 bridgehead atoms. The predicted octanol–water partition coefficient (Wildman–Crippen LogP) is 3.23. The minimum absolute atomic E-state index is 0.163. The molecule has 2 aromatic carbocycles. The number of rotatable bonds is 3. The van der Waals surface area contributed by atoms with E-state index in [1.165, 1.54) is 4.68 Å². The van der Waals surface area contributed by atoms with Gasteiger partial charge in [0.05, 0.1) is 5.39 Å². The second-order valence-electron chi connectivity index (χ2n) is 7.68. The highest BCUT2D eigenvalue weighted by atomic mass is 16.2. The third-order valence-corrected chi connectivity index (χ3v) is 5.14. The van der Waals surface area contributed by atoms with Gasteiger partial charge in [-0.1, -0.05) is 38.1 Å². The van der Waals surface area contributed by atoms with Crippen LogP contribution in [0.15, 0.2) is 47.3 Å². The van der Waals surface area contributed by atoms with Crippen LogP contribution in [0.1, 0.15) is 36.3 Å². The molecule has 6 nitrogen and oxygen atoms in total. The van der Waals surface area contributed by atoms with Crippen molar-refractivity contribution in [2.75, 3.05) is 17.2 Å². The van der Waals surface area contributed by atoms with E-state index in [-0.39, 0.29) is 17.4 Å². The van der Waals surface area contributed by atoms with Gasteiger partial charge in [0.25, 0.3) is 11.5 Å². The molecule has 0 fully saturated rings. The molecular weight excluding hydrogens is 352 g/mol. The molecule has 1 amide bonds. The molecule has 2 N–H and O–H groups in total. The number of carbonyl (C=O) groups is 1. The first-order valence-corrected chi connectivity index (χ1v) is 9.66. The Morgan fingerprint density at radius 1 is 1.14 bits per heavy atom. The smallest absolute Gasteiger partial charge is 0.279 e. The van der Waals surface area contributed by atoms with Gasteiger partial charge in [0, 0.05) is 29.9 Å². The molecule has 1 aliphatic rings. The fourth-order valence-corrected chi connectivity index (χ4v) is 3.85. The number of benzene rings is 2. The standard InChI is InChI=1S/C22H24N4O2/c1-14(2)13-26-21(27)16-8-4-3-7-15(16)20(24-26)22(28)25-12-6-9-17-18(23)10-5-11-19(17)25/h3-5,7-8,10-11,14H,6,9,12-13,23H2,1-2H3. The third kappa shape index (κ3) is 3.05. The summed E-state index contributed by atoms with van der Waals surface area (Å²) in [5.41, 5.74) is 8.83. The molecule has 0 aliphatic carbocycles. The molecule has 3 aromatic rings. The van der Waals surface area contributed by atoms with Gasteiger partial charge in [0.1, 0.15) is 0 Å². The highest BCUT2D eigenvalue weighted by molar-refractivity contribution is 6.13. The molecule has 0 spiro atoms.